The normalized spacial score (nSPS) is 19.2. The van der Waals surface area contributed by atoms with Crippen molar-refractivity contribution >= 4 is 34.6 Å². The molecule has 0 radical (unpaired) electrons. The van der Waals surface area contributed by atoms with E-state index in [9.17, 15) is 5.11 Å². The summed E-state index contributed by atoms with van der Waals surface area (Å²) in [5, 5.41) is 18.4. The Morgan fingerprint density at radius 3 is 2.26 bits per heavy atom. The van der Waals surface area contributed by atoms with Crippen molar-refractivity contribution in [2.75, 3.05) is 11.6 Å². The molecule has 0 bridgehead atoms. The maximum Gasteiger partial charge on any atom is 0.0881 e. The fraction of sp³-hybridized carbons (Fsp3) is 0.136. The summed E-state index contributed by atoms with van der Waals surface area (Å²) in [4.78, 5) is 0. The molecule has 3 aromatic rings. The van der Waals surface area contributed by atoms with E-state index >= 15 is 0 Å². The molecule has 27 heavy (non-hydrogen) atoms. The van der Waals surface area contributed by atoms with Crippen molar-refractivity contribution in [1.29, 1.82) is 0 Å². The van der Waals surface area contributed by atoms with Crippen LogP contribution in [0.3, 0.4) is 0 Å². The lowest BCUT2D eigenvalue weighted by Crippen LogP contribution is -2.35. The summed E-state index contributed by atoms with van der Waals surface area (Å²) in [6.07, 6.45) is 0. The molecule has 3 aromatic carbocycles. The molecule has 5 heteroatoms. The molecule has 0 aromatic heterocycles. The Hall–Kier alpha value is -2.33. The second-order valence-electron chi connectivity index (χ2n) is 6.45. The average Bonchev–Trinajstić information content (AvgIpc) is 3.09. The first kappa shape index (κ1) is 18.1. The number of halogens is 2. The third-order valence-electron chi connectivity index (χ3n) is 4.77. The van der Waals surface area contributed by atoms with Gasteiger partial charge >= 0.3 is 0 Å². The Bertz CT molecular complexity index is 958. The molecule has 0 saturated carbocycles. The van der Waals surface area contributed by atoms with Crippen molar-refractivity contribution in [3.05, 3.63) is 100 Å². The minimum absolute atomic E-state index is 0.0320. The van der Waals surface area contributed by atoms with E-state index in [1.54, 1.807) is 0 Å². The van der Waals surface area contributed by atoms with Gasteiger partial charge in [0.05, 0.1) is 30.0 Å². The molecule has 0 amide bonds. The Kier molecular flexibility index (Phi) is 5.17. The van der Waals surface area contributed by atoms with Crippen LogP contribution in [-0.2, 0) is 0 Å². The van der Waals surface area contributed by atoms with Gasteiger partial charge in [0.1, 0.15) is 0 Å². The Balaban J connectivity index is 1.85. The standard InChI is InChI=1S/C22H18Cl2N2O/c23-17-11-9-15(10-12-17)21-20(14-27)26(19-7-2-1-3-8-19)25-22(21)16-5-4-6-18(24)13-16/h1-13,20-21,27H,14H2/t20-,21-/m1/s1. The average molecular weight is 397 g/mol. The summed E-state index contributed by atoms with van der Waals surface area (Å²) in [7, 11) is 0. The van der Waals surface area contributed by atoms with E-state index in [4.69, 9.17) is 28.3 Å². The van der Waals surface area contributed by atoms with Crippen molar-refractivity contribution in [1.82, 2.24) is 0 Å². The highest BCUT2D eigenvalue weighted by Gasteiger charge is 2.39. The number of aliphatic hydroxyl groups is 1. The molecule has 1 N–H and O–H groups in total. The molecule has 0 fully saturated rings. The van der Waals surface area contributed by atoms with Crippen LogP contribution in [0.2, 0.25) is 10.0 Å². The minimum Gasteiger partial charge on any atom is -0.394 e. The molecule has 0 aliphatic carbocycles. The molecule has 1 heterocycles. The fourth-order valence-corrected chi connectivity index (χ4v) is 3.84. The van der Waals surface area contributed by atoms with Crippen LogP contribution in [0.4, 0.5) is 5.69 Å². The first-order valence-electron chi connectivity index (χ1n) is 8.72. The quantitative estimate of drug-likeness (QED) is 0.643. The van der Waals surface area contributed by atoms with Crippen LogP contribution in [0.25, 0.3) is 0 Å². The van der Waals surface area contributed by atoms with E-state index < -0.39 is 0 Å². The van der Waals surface area contributed by atoms with Crippen molar-refractivity contribution < 1.29 is 5.11 Å². The smallest absolute Gasteiger partial charge is 0.0881 e. The highest BCUT2D eigenvalue weighted by Crippen LogP contribution is 2.37. The first-order valence-corrected chi connectivity index (χ1v) is 9.48. The van der Waals surface area contributed by atoms with Gasteiger partial charge in [0.15, 0.2) is 0 Å². The number of nitrogens with zero attached hydrogens (tertiary/aromatic N) is 2. The number of hydrogen-bond acceptors (Lipinski definition) is 3. The third kappa shape index (κ3) is 3.59. The summed E-state index contributed by atoms with van der Waals surface area (Å²) in [6.45, 7) is -0.0320. The van der Waals surface area contributed by atoms with Crippen LogP contribution < -0.4 is 5.01 Å². The van der Waals surface area contributed by atoms with Crippen molar-refractivity contribution in [2.24, 2.45) is 5.10 Å². The zero-order valence-electron chi connectivity index (χ0n) is 14.5. The largest absolute Gasteiger partial charge is 0.394 e. The zero-order valence-corrected chi connectivity index (χ0v) is 16.0. The lowest BCUT2D eigenvalue weighted by molar-refractivity contribution is 0.259. The zero-order chi connectivity index (χ0) is 18.8. The number of anilines is 1. The maximum absolute atomic E-state index is 10.2. The van der Waals surface area contributed by atoms with Crippen LogP contribution in [0, 0.1) is 0 Å². The van der Waals surface area contributed by atoms with Gasteiger partial charge in [-0.15, -0.1) is 0 Å². The fourth-order valence-electron chi connectivity index (χ4n) is 3.52. The van der Waals surface area contributed by atoms with Gasteiger partial charge in [-0.2, -0.15) is 5.10 Å². The molecule has 1 aliphatic rings. The first-order chi connectivity index (χ1) is 13.2. The van der Waals surface area contributed by atoms with Crippen LogP contribution >= 0.6 is 23.2 Å². The van der Waals surface area contributed by atoms with Gasteiger partial charge in [-0.1, -0.05) is 65.7 Å². The lowest BCUT2D eigenvalue weighted by atomic mass is 9.85. The number of rotatable bonds is 4. The van der Waals surface area contributed by atoms with Crippen LogP contribution in [0.1, 0.15) is 17.0 Å². The van der Waals surface area contributed by atoms with Gasteiger partial charge in [-0.05, 0) is 47.5 Å². The summed E-state index contributed by atoms with van der Waals surface area (Å²) < 4.78 is 0. The Morgan fingerprint density at radius 2 is 1.59 bits per heavy atom. The van der Waals surface area contributed by atoms with E-state index in [0.717, 1.165) is 22.5 Å². The number of aliphatic hydroxyl groups excluding tert-OH is 1. The molecular weight excluding hydrogens is 379 g/mol. The summed E-state index contributed by atoms with van der Waals surface area (Å²) in [5.41, 5.74) is 3.81. The van der Waals surface area contributed by atoms with Crippen LogP contribution in [-0.4, -0.2) is 23.5 Å². The van der Waals surface area contributed by atoms with Crippen molar-refractivity contribution in [2.45, 2.75) is 12.0 Å². The highest BCUT2D eigenvalue weighted by atomic mass is 35.5. The van der Waals surface area contributed by atoms with E-state index in [0.29, 0.717) is 10.0 Å². The van der Waals surface area contributed by atoms with Gasteiger partial charge in [-0.3, -0.25) is 5.01 Å². The third-order valence-corrected chi connectivity index (χ3v) is 5.25. The van der Waals surface area contributed by atoms with Crippen molar-refractivity contribution in [3.63, 3.8) is 0 Å². The maximum atomic E-state index is 10.2. The molecule has 0 saturated heterocycles. The molecule has 3 nitrogen and oxygen atoms in total. The predicted octanol–water partition coefficient (Wildman–Crippen LogP) is 5.36. The topological polar surface area (TPSA) is 35.8 Å². The second-order valence-corrected chi connectivity index (χ2v) is 7.33. The Morgan fingerprint density at radius 1 is 0.852 bits per heavy atom. The van der Waals surface area contributed by atoms with Gasteiger partial charge in [0.2, 0.25) is 0 Å². The number of benzene rings is 3. The summed E-state index contributed by atoms with van der Waals surface area (Å²) in [5.74, 6) is -0.106. The Labute approximate surface area is 168 Å². The molecule has 2 atom stereocenters. The van der Waals surface area contributed by atoms with Gasteiger partial charge < -0.3 is 5.11 Å². The molecule has 1 aliphatic heterocycles. The van der Waals surface area contributed by atoms with Gasteiger partial charge in [0, 0.05) is 10.0 Å². The molecule has 136 valence electrons. The van der Waals surface area contributed by atoms with E-state index in [1.807, 2.05) is 83.9 Å². The number of hydrazone groups is 1. The van der Waals surface area contributed by atoms with E-state index in [1.165, 1.54) is 0 Å². The minimum atomic E-state index is -0.220. The molecular formula is C22H18Cl2N2O. The highest BCUT2D eigenvalue weighted by molar-refractivity contribution is 6.31. The molecule has 0 spiro atoms. The van der Waals surface area contributed by atoms with E-state index in [-0.39, 0.29) is 18.6 Å². The van der Waals surface area contributed by atoms with Crippen LogP contribution in [0.15, 0.2) is 84.0 Å². The number of para-hydroxylation sites is 1. The predicted molar refractivity (Wildman–Crippen MR) is 112 cm³/mol. The summed E-state index contributed by atoms with van der Waals surface area (Å²) >= 11 is 12.3. The van der Waals surface area contributed by atoms with Crippen molar-refractivity contribution in [3.8, 4) is 0 Å². The summed E-state index contributed by atoms with van der Waals surface area (Å²) in [6, 6.07) is 25.0. The monoisotopic (exact) mass is 396 g/mol. The van der Waals surface area contributed by atoms with E-state index in [2.05, 4.69) is 0 Å². The van der Waals surface area contributed by atoms with Crippen LogP contribution in [0.5, 0.6) is 0 Å². The molecule has 0 unspecified atom stereocenters. The lowest BCUT2D eigenvalue weighted by Gasteiger charge is -2.26. The SMILES string of the molecule is OC[C@@H]1[C@@H](c2ccc(Cl)cc2)C(c2cccc(Cl)c2)=NN1c1ccccc1. The van der Waals surface area contributed by atoms with Gasteiger partial charge in [0.25, 0.3) is 0 Å². The molecule has 4 rings (SSSR count). The van der Waals surface area contributed by atoms with Gasteiger partial charge in [-0.25, -0.2) is 0 Å². The second kappa shape index (κ2) is 7.73. The number of hydrogen-bond donors (Lipinski definition) is 1.